The molecule has 7 nitrogen and oxygen atoms in total. The van der Waals surface area contributed by atoms with Crippen LogP contribution >= 0.6 is 11.3 Å². The molecule has 1 saturated heterocycles. The highest BCUT2D eigenvalue weighted by Gasteiger charge is 2.32. The van der Waals surface area contributed by atoms with Crippen molar-refractivity contribution in [2.75, 3.05) is 36.1 Å². The van der Waals surface area contributed by atoms with Crippen LogP contribution in [0.5, 0.6) is 0 Å². The van der Waals surface area contributed by atoms with E-state index < -0.39 is 5.91 Å². The van der Waals surface area contributed by atoms with Crippen LogP contribution in [0.4, 0.5) is 15.2 Å². The molecular weight excluding hydrogens is 383 g/mol. The van der Waals surface area contributed by atoms with E-state index in [0.717, 1.165) is 5.56 Å². The largest absolute Gasteiger partial charge is 0.378 e. The third kappa shape index (κ3) is 3.47. The second-order valence-corrected chi connectivity index (χ2v) is 7.98. The van der Waals surface area contributed by atoms with Gasteiger partial charge in [-0.05, 0) is 37.1 Å². The van der Waals surface area contributed by atoms with E-state index in [1.54, 1.807) is 11.0 Å². The molecule has 0 aliphatic carbocycles. The average Bonchev–Trinajstić information content (AvgIpc) is 3.22. The van der Waals surface area contributed by atoms with Gasteiger partial charge in [0.1, 0.15) is 10.7 Å². The quantitative estimate of drug-likeness (QED) is 0.839. The highest BCUT2D eigenvalue weighted by Crippen LogP contribution is 2.34. The molecule has 2 aromatic rings. The van der Waals surface area contributed by atoms with Gasteiger partial charge in [-0.2, -0.15) is 0 Å². The Morgan fingerprint density at radius 3 is 2.82 bits per heavy atom. The summed E-state index contributed by atoms with van der Waals surface area (Å²) in [7, 11) is 0. The number of ether oxygens (including phenoxy) is 1. The Morgan fingerprint density at radius 2 is 2.11 bits per heavy atom. The maximum Gasteiger partial charge on any atom is 0.260 e. The number of thiazole rings is 1. The fourth-order valence-corrected chi connectivity index (χ4v) is 4.74. The molecule has 4 rings (SSSR count). The molecule has 148 valence electrons. The van der Waals surface area contributed by atoms with Crippen molar-refractivity contribution in [3.05, 3.63) is 40.2 Å². The number of anilines is 2. The van der Waals surface area contributed by atoms with Gasteiger partial charge in [0, 0.05) is 24.8 Å². The maximum atomic E-state index is 13.5. The van der Waals surface area contributed by atoms with E-state index in [1.165, 1.54) is 23.5 Å². The number of carbonyl (C=O) groups is 2. The number of carbonyl (C=O) groups excluding carboxylic acids is 2. The number of hydrogen-bond acceptors (Lipinski definition) is 6. The molecular formula is C19H21FN4O3S. The molecule has 2 amide bonds. The highest BCUT2D eigenvalue weighted by atomic mass is 32.1. The van der Waals surface area contributed by atoms with Gasteiger partial charge in [0.05, 0.1) is 25.3 Å². The van der Waals surface area contributed by atoms with Gasteiger partial charge < -0.3 is 20.3 Å². The van der Waals surface area contributed by atoms with Crippen LogP contribution in [-0.2, 0) is 22.4 Å². The number of morpholine rings is 1. The van der Waals surface area contributed by atoms with Crippen molar-refractivity contribution in [3.63, 3.8) is 0 Å². The molecule has 1 atom stereocenters. The first kappa shape index (κ1) is 18.8. The molecule has 0 spiro atoms. The number of primary amides is 1. The molecule has 2 N–H and O–H groups in total. The minimum absolute atomic E-state index is 0.0275. The number of aromatic nitrogens is 1. The van der Waals surface area contributed by atoms with Crippen molar-refractivity contribution in [2.24, 2.45) is 5.73 Å². The minimum Gasteiger partial charge on any atom is -0.378 e. The molecule has 3 heterocycles. The van der Waals surface area contributed by atoms with E-state index in [-0.39, 0.29) is 24.2 Å². The first-order chi connectivity index (χ1) is 13.4. The number of nitrogens with zero attached hydrogens (tertiary/aromatic N) is 3. The van der Waals surface area contributed by atoms with Crippen LogP contribution in [-0.4, -0.2) is 49.1 Å². The lowest BCUT2D eigenvalue weighted by molar-refractivity contribution is -0.118. The van der Waals surface area contributed by atoms with Gasteiger partial charge in [0.25, 0.3) is 5.91 Å². The van der Waals surface area contributed by atoms with E-state index >= 15 is 0 Å². The van der Waals surface area contributed by atoms with Crippen LogP contribution in [0.25, 0.3) is 0 Å². The molecule has 2 aliphatic heterocycles. The Balaban J connectivity index is 1.59. The first-order valence-corrected chi connectivity index (χ1v) is 9.98. The van der Waals surface area contributed by atoms with Gasteiger partial charge in [-0.15, -0.1) is 0 Å². The molecule has 1 fully saturated rings. The Kier molecular flexibility index (Phi) is 5.03. The number of nitrogens with two attached hydrogens (primary N) is 1. The molecule has 2 aliphatic rings. The fraction of sp³-hybridized carbons (Fsp3) is 0.421. The van der Waals surface area contributed by atoms with Crippen LogP contribution in [0.2, 0.25) is 0 Å². The van der Waals surface area contributed by atoms with Crippen molar-refractivity contribution in [2.45, 2.75) is 25.8 Å². The fourth-order valence-electron chi connectivity index (χ4n) is 3.75. The van der Waals surface area contributed by atoms with Crippen LogP contribution in [0, 0.1) is 5.82 Å². The minimum atomic E-state index is -0.586. The third-order valence-corrected chi connectivity index (χ3v) is 6.21. The van der Waals surface area contributed by atoms with Crippen LogP contribution in [0.1, 0.15) is 27.9 Å². The summed E-state index contributed by atoms with van der Waals surface area (Å²) in [5.41, 5.74) is 7.44. The number of halogens is 1. The number of amides is 2. The van der Waals surface area contributed by atoms with Gasteiger partial charge in [-0.1, -0.05) is 11.3 Å². The Labute approximate surface area is 165 Å². The Bertz CT molecular complexity index is 926. The molecule has 0 bridgehead atoms. The first-order valence-electron chi connectivity index (χ1n) is 9.16. The monoisotopic (exact) mass is 404 g/mol. The summed E-state index contributed by atoms with van der Waals surface area (Å²) in [6.45, 7) is 4.48. The van der Waals surface area contributed by atoms with Crippen molar-refractivity contribution in [1.29, 1.82) is 0 Å². The van der Waals surface area contributed by atoms with Crippen molar-refractivity contribution >= 4 is 34.0 Å². The average molecular weight is 404 g/mol. The van der Waals surface area contributed by atoms with Crippen molar-refractivity contribution in [3.8, 4) is 0 Å². The predicted molar refractivity (Wildman–Crippen MR) is 104 cm³/mol. The van der Waals surface area contributed by atoms with Gasteiger partial charge in [0.2, 0.25) is 5.91 Å². The summed E-state index contributed by atoms with van der Waals surface area (Å²) in [6, 6.07) is 4.36. The molecule has 1 aromatic heterocycles. The van der Waals surface area contributed by atoms with Crippen molar-refractivity contribution in [1.82, 2.24) is 4.98 Å². The summed E-state index contributed by atoms with van der Waals surface area (Å²) in [5, 5.41) is 0.678. The molecule has 0 unspecified atom stereocenters. The van der Waals surface area contributed by atoms with E-state index in [4.69, 9.17) is 10.5 Å². The SMILES string of the molecule is C[C@@H]1Cc2cc(F)ccc2N1C(=O)Cc1nc(N2CCOCC2)sc1C(N)=O. The van der Waals surface area contributed by atoms with E-state index in [9.17, 15) is 14.0 Å². The number of rotatable bonds is 4. The molecule has 9 heteroatoms. The van der Waals surface area contributed by atoms with E-state index in [2.05, 4.69) is 4.98 Å². The van der Waals surface area contributed by atoms with Gasteiger partial charge in [-0.3, -0.25) is 9.59 Å². The summed E-state index contributed by atoms with van der Waals surface area (Å²) >= 11 is 1.21. The second-order valence-electron chi connectivity index (χ2n) is 7.00. The second kappa shape index (κ2) is 7.48. The molecule has 0 saturated carbocycles. The summed E-state index contributed by atoms with van der Waals surface area (Å²) < 4.78 is 18.9. The normalized spacial score (nSPS) is 19.0. The Hall–Kier alpha value is -2.52. The van der Waals surface area contributed by atoms with Gasteiger partial charge in [0.15, 0.2) is 5.13 Å². The maximum absolute atomic E-state index is 13.5. The van der Waals surface area contributed by atoms with Crippen molar-refractivity contribution < 1.29 is 18.7 Å². The number of hydrogen-bond donors (Lipinski definition) is 1. The molecule has 0 radical (unpaired) electrons. The topological polar surface area (TPSA) is 88.8 Å². The van der Waals surface area contributed by atoms with Gasteiger partial charge >= 0.3 is 0 Å². The van der Waals surface area contributed by atoms with Crippen LogP contribution in [0.3, 0.4) is 0 Å². The number of benzene rings is 1. The number of fused-ring (bicyclic) bond motifs is 1. The molecule has 1 aromatic carbocycles. The zero-order valence-electron chi connectivity index (χ0n) is 15.5. The third-order valence-electron chi connectivity index (χ3n) is 5.04. The van der Waals surface area contributed by atoms with Crippen LogP contribution in [0.15, 0.2) is 18.2 Å². The lowest BCUT2D eigenvalue weighted by Crippen LogP contribution is -2.37. The summed E-state index contributed by atoms with van der Waals surface area (Å²) in [5.74, 6) is -1.08. The smallest absolute Gasteiger partial charge is 0.260 e. The standard InChI is InChI=1S/C19H21FN4O3S/c1-11-8-12-9-13(20)2-3-15(12)24(11)16(25)10-14-17(18(21)26)28-19(22-14)23-4-6-27-7-5-23/h2-3,9,11H,4-8,10H2,1H3,(H2,21,26)/t11-/m1/s1. The summed E-state index contributed by atoms with van der Waals surface area (Å²) in [6.07, 6.45) is 0.567. The Morgan fingerprint density at radius 1 is 1.36 bits per heavy atom. The summed E-state index contributed by atoms with van der Waals surface area (Å²) in [4.78, 5) is 33.5. The lowest BCUT2D eigenvalue weighted by atomic mass is 10.1. The zero-order chi connectivity index (χ0) is 19.8. The van der Waals surface area contributed by atoms with E-state index in [0.29, 0.717) is 54.1 Å². The van der Waals surface area contributed by atoms with E-state index in [1.807, 2.05) is 11.8 Å². The predicted octanol–water partition coefficient (Wildman–Crippen LogP) is 1.74. The van der Waals surface area contributed by atoms with Crippen LogP contribution < -0.4 is 15.5 Å². The highest BCUT2D eigenvalue weighted by molar-refractivity contribution is 7.17. The molecule has 28 heavy (non-hydrogen) atoms. The zero-order valence-corrected chi connectivity index (χ0v) is 16.3. The van der Waals surface area contributed by atoms with Gasteiger partial charge in [-0.25, -0.2) is 9.37 Å². The lowest BCUT2D eigenvalue weighted by Gasteiger charge is -2.26.